The van der Waals surface area contributed by atoms with Crippen LogP contribution in [0.1, 0.15) is 6.38 Å². The maximum atomic E-state index is 7.65. The van der Waals surface area contributed by atoms with Gasteiger partial charge in [0.15, 0.2) is 5.82 Å². The monoisotopic (exact) mass is 310 g/mol. The molecule has 0 fully saturated rings. The number of nitrogens with zero attached hydrogens (tertiary/aromatic N) is 6. The lowest BCUT2D eigenvalue weighted by molar-refractivity contribution is 0.799. The first-order chi connectivity index (χ1) is 11.1. The van der Waals surface area contributed by atoms with Gasteiger partial charge in [-0.3, -0.25) is 0 Å². The number of nitrogen functional groups attached to an aromatic ring is 1. The van der Waals surface area contributed by atoms with Crippen LogP contribution < -0.4 is 5.73 Å². The molecule has 0 aliphatic rings. The largest absolute Gasteiger partial charge is 0.368 e. The number of hydrogen-bond acceptors (Lipinski definition) is 7. The summed E-state index contributed by atoms with van der Waals surface area (Å²) in [5.74, 6) is 0.683. The summed E-state index contributed by atoms with van der Waals surface area (Å²) in [7, 11) is 0. The zero-order valence-electron chi connectivity index (χ0n) is 12.6. The first kappa shape index (κ1) is 11.8. The molecule has 0 saturated heterocycles. The van der Waals surface area contributed by atoms with E-state index in [4.69, 9.17) is 7.10 Å². The third-order valence-electron chi connectivity index (χ3n) is 3.11. The quantitative estimate of drug-likeness (QED) is 0.610. The van der Waals surface area contributed by atoms with Gasteiger partial charge in [-0.05, 0) is 19.1 Å². The van der Waals surface area contributed by atoms with Crippen LogP contribution in [-0.2, 0) is 0 Å². The Morgan fingerprint density at radius 1 is 1.32 bits per heavy atom. The zero-order chi connectivity index (χ0) is 16.0. The molecule has 1 aromatic carbocycles. The Morgan fingerprint density at radius 3 is 3.05 bits per heavy atom. The highest BCUT2D eigenvalue weighted by atomic mass is 32.1. The fourth-order valence-corrected chi connectivity index (χ4v) is 2.89. The Morgan fingerprint density at radius 2 is 2.23 bits per heavy atom. The maximum absolute atomic E-state index is 7.65. The second-order valence-corrected chi connectivity index (χ2v) is 5.86. The van der Waals surface area contributed by atoms with Crippen LogP contribution in [0.3, 0.4) is 0 Å². The summed E-state index contributed by atoms with van der Waals surface area (Å²) < 4.78 is 9.23. The molecular weight excluding hydrogens is 298 g/mol. The van der Waals surface area contributed by atoms with Crippen molar-refractivity contribution >= 4 is 28.3 Å². The average Bonchev–Trinajstić information content (AvgIpc) is 3.12. The Labute approximate surface area is 130 Å². The van der Waals surface area contributed by atoms with Crippen molar-refractivity contribution in [1.82, 2.24) is 29.9 Å². The molecule has 0 unspecified atom stereocenters. The summed E-state index contributed by atoms with van der Waals surface area (Å²) in [4.78, 5) is 13.7. The van der Waals surface area contributed by atoms with E-state index in [2.05, 4.69) is 25.3 Å². The second kappa shape index (κ2) is 4.85. The molecule has 0 amide bonds. The van der Waals surface area contributed by atoms with Gasteiger partial charge >= 0.3 is 0 Å². The van der Waals surface area contributed by atoms with Crippen LogP contribution in [0.5, 0.6) is 0 Å². The second-order valence-electron chi connectivity index (χ2n) is 4.63. The van der Waals surface area contributed by atoms with Crippen LogP contribution in [0.2, 0.25) is 0 Å². The molecule has 0 radical (unpaired) electrons. The number of thiazole rings is 1. The summed E-state index contributed by atoms with van der Waals surface area (Å²) in [6.45, 7) is 1.93. The molecule has 22 heavy (non-hydrogen) atoms. The van der Waals surface area contributed by atoms with Gasteiger partial charge < -0.3 is 5.73 Å². The lowest BCUT2D eigenvalue weighted by Crippen LogP contribution is -2.05. The van der Waals surface area contributed by atoms with Crippen LogP contribution in [0.4, 0.5) is 5.95 Å². The fourth-order valence-electron chi connectivity index (χ4n) is 2.15. The van der Waals surface area contributed by atoms with Crippen molar-refractivity contribution < 1.29 is 1.37 Å². The predicted molar refractivity (Wildman–Crippen MR) is 84.7 cm³/mol. The van der Waals surface area contributed by atoms with Crippen molar-refractivity contribution in [3.63, 3.8) is 0 Å². The molecule has 3 heterocycles. The maximum Gasteiger partial charge on any atom is 0.222 e. The van der Waals surface area contributed by atoms with E-state index in [0.29, 0.717) is 23.1 Å². The van der Waals surface area contributed by atoms with E-state index in [1.165, 1.54) is 11.3 Å². The minimum absolute atomic E-state index is 0.157. The Hall–Kier alpha value is -2.87. The molecule has 4 rings (SSSR count). The third kappa shape index (κ3) is 2.09. The highest BCUT2D eigenvalue weighted by Crippen LogP contribution is 2.26. The van der Waals surface area contributed by atoms with E-state index in [9.17, 15) is 0 Å². The first-order valence-corrected chi connectivity index (χ1v) is 7.31. The Kier molecular flexibility index (Phi) is 2.59. The molecule has 0 aliphatic carbocycles. The van der Waals surface area contributed by atoms with E-state index in [1.54, 1.807) is 35.1 Å². The van der Waals surface area contributed by atoms with Gasteiger partial charge in [-0.25, -0.2) is 9.97 Å². The van der Waals surface area contributed by atoms with Gasteiger partial charge in [0.2, 0.25) is 5.95 Å². The molecule has 0 spiro atoms. The highest BCUT2D eigenvalue weighted by Gasteiger charge is 2.12. The van der Waals surface area contributed by atoms with E-state index in [1.807, 2.05) is 6.92 Å². The lowest BCUT2D eigenvalue weighted by atomic mass is 10.3. The molecule has 0 bridgehead atoms. The summed E-state index contributed by atoms with van der Waals surface area (Å²) >= 11 is 1.53. The van der Waals surface area contributed by atoms with E-state index >= 15 is 0 Å². The normalized spacial score (nSPS) is 11.8. The van der Waals surface area contributed by atoms with Gasteiger partial charge in [-0.1, -0.05) is 17.3 Å². The van der Waals surface area contributed by atoms with Crippen LogP contribution in [-0.4, -0.2) is 29.9 Å². The van der Waals surface area contributed by atoms with Crippen LogP contribution >= 0.6 is 11.3 Å². The predicted octanol–water partition coefficient (Wildman–Crippen LogP) is 2.22. The van der Waals surface area contributed by atoms with Gasteiger partial charge in [0.25, 0.3) is 0 Å². The Balaban J connectivity index is 1.89. The smallest absolute Gasteiger partial charge is 0.222 e. The van der Waals surface area contributed by atoms with Crippen molar-refractivity contribution in [3.8, 4) is 16.4 Å². The fraction of sp³-hybridized carbons (Fsp3) is 0.0714. The van der Waals surface area contributed by atoms with E-state index in [-0.39, 0.29) is 5.95 Å². The minimum atomic E-state index is 0.157. The third-order valence-corrected chi connectivity index (χ3v) is 4.05. The molecule has 0 saturated carbocycles. The number of rotatable bonds is 2. The molecule has 3 aromatic heterocycles. The molecule has 7 nitrogen and oxygen atoms in total. The number of nitrogens with two attached hydrogens (primary N) is 1. The SMILES string of the molecule is [2H]c1ccc2c(c1)nnn2-c1cc(-c2cnc(C)s2)nc(N)n1. The highest BCUT2D eigenvalue weighted by molar-refractivity contribution is 7.15. The van der Waals surface area contributed by atoms with E-state index < -0.39 is 0 Å². The number of anilines is 1. The molecule has 108 valence electrons. The van der Waals surface area contributed by atoms with Crippen molar-refractivity contribution in [2.24, 2.45) is 0 Å². The summed E-state index contributed by atoms with van der Waals surface area (Å²) in [6, 6.07) is 7.29. The molecule has 4 aromatic rings. The average molecular weight is 310 g/mol. The van der Waals surface area contributed by atoms with Crippen molar-refractivity contribution in [1.29, 1.82) is 0 Å². The van der Waals surface area contributed by atoms with Crippen molar-refractivity contribution in [2.75, 3.05) is 5.73 Å². The van der Waals surface area contributed by atoms with E-state index in [0.717, 1.165) is 15.4 Å². The van der Waals surface area contributed by atoms with Gasteiger partial charge in [0.05, 0.1) is 22.5 Å². The molecule has 2 N–H and O–H groups in total. The Bertz CT molecular complexity index is 1020. The van der Waals surface area contributed by atoms with Crippen molar-refractivity contribution in [3.05, 3.63) is 41.5 Å². The summed E-state index contributed by atoms with van der Waals surface area (Å²) in [5.41, 5.74) is 7.93. The minimum Gasteiger partial charge on any atom is -0.368 e. The zero-order valence-corrected chi connectivity index (χ0v) is 12.4. The number of para-hydroxylation sites is 1. The lowest BCUT2D eigenvalue weighted by Gasteiger charge is -2.04. The molecule has 8 heteroatoms. The topological polar surface area (TPSA) is 95.4 Å². The molecular formula is C14H11N7S. The summed E-state index contributed by atoms with van der Waals surface area (Å²) in [5, 5.41) is 9.14. The van der Waals surface area contributed by atoms with Crippen LogP contribution in [0, 0.1) is 6.92 Å². The number of benzene rings is 1. The molecule has 0 aliphatic heterocycles. The van der Waals surface area contributed by atoms with Gasteiger partial charge in [-0.15, -0.1) is 16.4 Å². The van der Waals surface area contributed by atoms with Crippen LogP contribution in [0.25, 0.3) is 27.4 Å². The summed E-state index contributed by atoms with van der Waals surface area (Å²) in [6.07, 6.45) is 1.76. The van der Waals surface area contributed by atoms with Crippen molar-refractivity contribution in [2.45, 2.75) is 6.92 Å². The number of hydrogen-bond donors (Lipinski definition) is 1. The number of fused-ring (bicyclic) bond motifs is 1. The van der Waals surface area contributed by atoms with Gasteiger partial charge in [-0.2, -0.15) is 9.67 Å². The van der Waals surface area contributed by atoms with Crippen LogP contribution in [0.15, 0.2) is 36.5 Å². The standard InChI is InChI=1S/C14H11N7S/c1-8-16-7-12(22-8)10-6-13(18-14(15)17-10)21-11-5-3-2-4-9(11)19-20-21/h2-7H,1H3,(H2,15,17,18)/i2D. The number of aromatic nitrogens is 6. The molecule has 0 atom stereocenters. The first-order valence-electron chi connectivity index (χ1n) is 7.00. The van der Waals surface area contributed by atoms with Gasteiger partial charge in [0.1, 0.15) is 5.52 Å². The number of aryl methyl sites for hydroxylation is 1. The van der Waals surface area contributed by atoms with Gasteiger partial charge in [0, 0.05) is 12.3 Å².